The van der Waals surface area contributed by atoms with Crippen LogP contribution in [0.25, 0.3) is 10.8 Å². The van der Waals surface area contributed by atoms with Gasteiger partial charge in [-0.3, -0.25) is 9.79 Å². The van der Waals surface area contributed by atoms with Crippen LogP contribution in [0.1, 0.15) is 34.6 Å². The maximum atomic E-state index is 16.3. The van der Waals surface area contributed by atoms with Crippen LogP contribution in [0, 0.1) is 5.41 Å². The van der Waals surface area contributed by atoms with Crippen LogP contribution < -0.4 is 25.6 Å². The number of carbonyl (C=O) groups is 1. The van der Waals surface area contributed by atoms with Gasteiger partial charge in [0.15, 0.2) is 23.5 Å². The van der Waals surface area contributed by atoms with Crippen molar-refractivity contribution in [3.05, 3.63) is 42.5 Å². The molecule has 3 aromatic rings. The number of benzene rings is 2. The highest BCUT2D eigenvalue weighted by Crippen LogP contribution is 2.49. The van der Waals surface area contributed by atoms with Crippen LogP contribution in [0.4, 0.5) is 27.7 Å². The van der Waals surface area contributed by atoms with Gasteiger partial charge in [0.2, 0.25) is 5.95 Å². The lowest BCUT2D eigenvalue weighted by Gasteiger charge is -2.32. The molecule has 6 atom stereocenters. The molecule has 1 saturated heterocycles. The molecule has 47 heavy (non-hydrogen) atoms. The van der Waals surface area contributed by atoms with E-state index in [1.165, 1.54) is 18.9 Å². The number of aliphatic hydroxyl groups excluding tert-OH is 1. The van der Waals surface area contributed by atoms with Crippen molar-refractivity contribution >= 4 is 65.2 Å². The number of rotatable bonds is 13. The lowest BCUT2D eigenvalue weighted by atomic mass is 9.98. The number of aliphatic hydroxyl groups is 1. The molecule has 5 N–H and O–H groups in total. The second kappa shape index (κ2) is 14.3. The molecular weight excluding hydrogens is 648 g/mol. The molecule has 0 aliphatic carbocycles. The van der Waals surface area contributed by atoms with Crippen LogP contribution in [-0.2, 0) is 30.6 Å². The average molecular weight is 692 g/mol. The summed E-state index contributed by atoms with van der Waals surface area (Å²) in [6.07, 6.45) is -4.22. The maximum absolute atomic E-state index is 16.3. The lowest BCUT2D eigenvalue weighted by molar-refractivity contribution is -0.148. The van der Waals surface area contributed by atoms with Crippen molar-refractivity contribution in [2.24, 2.45) is 10.4 Å². The fraction of sp³-hybridized carbons (Fsp3) is 0.484. The van der Waals surface area contributed by atoms with Gasteiger partial charge in [0.1, 0.15) is 29.7 Å². The van der Waals surface area contributed by atoms with Gasteiger partial charge in [-0.15, -0.1) is 0 Å². The van der Waals surface area contributed by atoms with Gasteiger partial charge in [-0.25, -0.2) is 9.48 Å². The zero-order valence-electron chi connectivity index (χ0n) is 27.6. The number of esters is 1. The third-order valence-corrected chi connectivity index (χ3v) is 9.90. The largest absolute Gasteiger partial charge is 0.464 e. The van der Waals surface area contributed by atoms with E-state index in [0.717, 1.165) is 10.8 Å². The van der Waals surface area contributed by atoms with E-state index in [4.69, 9.17) is 36.1 Å². The lowest BCUT2D eigenvalue weighted by Crippen LogP contribution is -2.49. The van der Waals surface area contributed by atoms with Gasteiger partial charge < -0.3 is 39.6 Å². The van der Waals surface area contributed by atoms with Crippen molar-refractivity contribution in [1.29, 1.82) is 0 Å². The summed E-state index contributed by atoms with van der Waals surface area (Å²) >= 11 is 5.91. The molecule has 2 aromatic carbocycles. The van der Waals surface area contributed by atoms with E-state index in [1.807, 2.05) is 57.2 Å². The highest BCUT2D eigenvalue weighted by molar-refractivity contribution is 8.09. The predicted octanol–water partition coefficient (Wildman–Crippen LogP) is 4.72. The summed E-state index contributed by atoms with van der Waals surface area (Å²) < 4.78 is 40.3. The number of hydrogen-bond acceptors (Lipinski definition) is 13. The number of nitrogens with zero attached hydrogens (tertiary/aromatic N) is 4. The highest BCUT2D eigenvalue weighted by atomic mass is 32.5. The molecule has 1 unspecified atom stereocenters. The summed E-state index contributed by atoms with van der Waals surface area (Å²) in [5.74, 6) is 0.191. The topological polar surface area (TPSA) is 166 Å². The molecule has 0 radical (unpaired) electrons. The van der Waals surface area contributed by atoms with Crippen LogP contribution in [0.5, 0.6) is 5.75 Å². The number of alkyl halides is 1. The second-order valence-corrected chi connectivity index (χ2v) is 15.8. The third kappa shape index (κ3) is 8.34. The minimum Gasteiger partial charge on any atom is -0.464 e. The Morgan fingerprint density at radius 1 is 1.30 bits per heavy atom. The molecule has 16 heteroatoms. The smallest absolute Gasteiger partial charge is 0.323 e. The Kier molecular flexibility index (Phi) is 11.1. The summed E-state index contributed by atoms with van der Waals surface area (Å²) in [7, 11) is 3.14. The molecule has 0 spiro atoms. The van der Waals surface area contributed by atoms with Crippen LogP contribution in [0.15, 0.2) is 47.5 Å². The first-order valence-corrected chi connectivity index (χ1v) is 17.6. The zero-order chi connectivity index (χ0) is 34.7. The first-order chi connectivity index (χ1) is 22.0. The van der Waals surface area contributed by atoms with Crippen molar-refractivity contribution in [3.8, 4) is 5.75 Å². The zero-order valence-corrected chi connectivity index (χ0v) is 29.3. The average Bonchev–Trinajstić information content (AvgIpc) is 3.25. The minimum absolute atomic E-state index is 0.0879. The van der Waals surface area contributed by atoms with Gasteiger partial charge in [0.25, 0.3) is 0 Å². The quantitative estimate of drug-likeness (QED) is 0.111. The maximum Gasteiger partial charge on any atom is 0.323 e. The standard InChI is InChI=1S/C31H43FN7O6PS/c1-18(27(41)42-17-30(2,3)4)38-46(47,45-21-15-11-13-19-12-9-10-14-20(19)21)43-16-22-24(40)31(5,32)28(44-22)39(8)26-23(34-6)25(35-7)36-29(33)37-26/h9-15,18,22,24,28,40H,6,16-17H2,1-5,7-8H3,(H,38,47)(H3,33,35,36,37)/t18-,22+,24+,28+,31+,46?/m0/s1. The Bertz CT molecular complexity index is 1650. The summed E-state index contributed by atoms with van der Waals surface area (Å²) in [6.45, 7) is 8.42. The Hall–Kier alpha value is -3.46. The predicted molar refractivity (Wildman–Crippen MR) is 186 cm³/mol. The number of carbonyl (C=O) groups excluding carboxylic acids is 1. The van der Waals surface area contributed by atoms with Crippen molar-refractivity contribution in [2.75, 3.05) is 43.3 Å². The van der Waals surface area contributed by atoms with E-state index in [2.05, 4.69) is 32.1 Å². The molecule has 4 rings (SSSR count). The Balaban J connectivity index is 1.60. The minimum atomic E-state index is -3.59. The van der Waals surface area contributed by atoms with Crippen LogP contribution >= 0.6 is 6.64 Å². The number of nitrogens with two attached hydrogens (primary N) is 1. The number of aromatic nitrogens is 2. The SMILES string of the molecule is C=Nc1c(NC)nc(N)nc1N(C)[C@@H]1O[C@H](COP(=S)(N[C@@H](C)C(=O)OCC(C)(C)C)Oc2cccc3ccccc23)[C@@H](O)[C@@]1(C)F. The van der Waals surface area contributed by atoms with Crippen molar-refractivity contribution < 1.29 is 32.8 Å². The molecule has 2 heterocycles. The van der Waals surface area contributed by atoms with E-state index < -0.39 is 42.8 Å². The summed E-state index contributed by atoms with van der Waals surface area (Å²) in [5.41, 5.74) is 3.54. The van der Waals surface area contributed by atoms with Crippen LogP contribution in [0.3, 0.4) is 0 Å². The molecule has 1 aromatic heterocycles. The number of anilines is 3. The first kappa shape index (κ1) is 36.4. The normalized spacial score (nSPS) is 23.1. The molecule has 256 valence electrons. The van der Waals surface area contributed by atoms with Gasteiger partial charge >= 0.3 is 12.6 Å². The third-order valence-electron chi connectivity index (χ3n) is 7.41. The van der Waals surface area contributed by atoms with Gasteiger partial charge in [-0.05, 0) is 49.2 Å². The molecule has 0 saturated carbocycles. The van der Waals surface area contributed by atoms with E-state index in [9.17, 15) is 9.90 Å². The Morgan fingerprint density at radius 3 is 2.64 bits per heavy atom. The summed E-state index contributed by atoms with van der Waals surface area (Å²) in [6, 6.07) is 12.1. The molecule has 13 nitrogen and oxygen atoms in total. The number of aliphatic imine (C=N–C) groups is 1. The van der Waals surface area contributed by atoms with E-state index in [1.54, 1.807) is 20.0 Å². The number of hydrogen-bond donors (Lipinski definition) is 4. The van der Waals surface area contributed by atoms with Gasteiger partial charge in [-0.2, -0.15) is 9.97 Å². The molecular formula is C31H43FN7O6PS. The molecule has 1 aliphatic rings. The molecule has 1 fully saturated rings. The van der Waals surface area contributed by atoms with Gasteiger partial charge in [0.05, 0.1) is 13.2 Å². The van der Waals surface area contributed by atoms with E-state index in [-0.39, 0.29) is 41.9 Å². The van der Waals surface area contributed by atoms with Gasteiger partial charge in [0, 0.05) is 19.5 Å². The monoisotopic (exact) mass is 691 g/mol. The Labute approximate surface area is 279 Å². The van der Waals surface area contributed by atoms with E-state index >= 15 is 4.39 Å². The summed E-state index contributed by atoms with van der Waals surface area (Å²) in [5, 5.41) is 18.7. The van der Waals surface area contributed by atoms with Gasteiger partial charge in [-0.1, -0.05) is 57.2 Å². The Morgan fingerprint density at radius 2 is 1.98 bits per heavy atom. The number of nitrogen functional groups attached to an aromatic ring is 1. The molecule has 0 amide bonds. The highest BCUT2D eigenvalue weighted by Gasteiger charge is 2.56. The number of halogens is 1. The van der Waals surface area contributed by atoms with Crippen LogP contribution in [-0.4, -0.2) is 85.2 Å². The number of nitrogens with one attached hydrogen (secondary N) is 2. The molecule has 1 aliphatic heterocycles. The van der Waals surface area contributed by atoms with Crippen molar-refractivity contribution in [2.45, 2.75) is 64.8 Å². The first-order valence-electron chi connectivity index (χ1n) is 14.9. The fourth-order valence-electron chi connectivity index (χ4n) is 4.99. The van der Waals surface area contributed by atoms with Crippen molar-refractivity contribution in [3.63, 3.8) is 0 Å². The number of fused-ring (bicyclic) bond motifs is 1. The van der Waals surface area contributed by atoms with E-state index in [0.29, 0.717) is 5.75 Å². The van der Waals surface area contributed by atoms with Crippen LogP contribution in [0.2, 0.25) is 0 Å². The summed E-state index contributed by atoms with van der Waals surface area (Å²) in [4.78, 5) is 26.6. The second-order valence-electron chi connectivity index (χ2n) is 12.6. The van der Waals surface area contributed by atoms with Crippen molar-refractivity contribution in [1.82, 2.24) is 15.1 Å². The number of ether oxygens (including phenoxy) is 2. The molecule has 0 bridgehead atoms. The fourth-order valence-corrected chi connectivity index (χ4v) is 7.41.